The van der Waals surface area contributed by atoms with E-state index in [9.17, 15) is 4.79 Å². The zero-order valence-corrected chi connectivity index (χ0v) is 12.6. The van der Waals surface area contributed by atoms with Crippen LogP contribution in [0.1, 0.15) is 44.2 Å². The van der Waals surface area contributed by atoms with Crippen LogP contribution in [0.5, 0.6) is 0 Å². The first-order valence-electron chi connectivity index (χ1n) is 7.11. The normalized spacial score (nSPS) is 24.7. The number of nitrogens with one attached hydrogen (secondary N) is 2. The average Bonchev–Trinajstić information content (AvgIpc) is 2.32. The van der Waals surface area contributed by atoms with Gasteiger partial charge < -0.3 is 10.3 Å². The summed E-state index contributed by atoms with van der Waals surface area (Å²) in [6.45, 7) is 1.87. The molecular weight excluding hydrogens is 258 g/mol. The van der Waals surface area contributed by atoms with Gasteiger partial charge in [-0.2, -0.15) is 0 Å². The van der Waals surface area contributed by atoms with Crippen molar-refractivity contribution < 1.29 is 0 Å². The van der Waals surface area contributed by atoms with Gasteiger partial charge in [0.25, 0.3) is 5.56 Å². The molecule has 4 nitrogen and oxygen atoms in total. The number of aryl methyl sites for hydroxylation is 1. The summed E-state index contributed by atoms with van der Waals surface area (Å²) in [5.41, 5.74) is 0.736. The van der Waals surface area contributed by atoms with Crippen molar-refractivity contribution in [3.63, 3.8) is 0 Å². The van der Waals surface area contributed by atoms with E-state index in [-0.39, 0.29) is 5.56 Å². The molecule has 1 aromatic rings. The Morgan fingerprint density at radius 1 is 1.32 bits per heavy atom. The second kappa shape index (κ2) is 7.10. The van der Waals surface area contributed by atoms with Gasteiger partial charge in [0.15, 0.2) is 5.16 Å². The number of rotatable bonds is 3. The van der Waals surface area contributed by atoms with Gasteiger partial charge in [0, 0.05) is 23.1 Å². The van der Waals surface area contributed by atoms with E-state index in [0.29, 0.717) is 11.3 Å². The van der Waals surface area contributed by atoms with Crippen LogP contribution in [0.15, 0.2) is 16.0 Å². The van der Waals surface area contributed by atoms with Gasteiger partial charge in [0.05, 0.1) is 0 Å². The zero-order valence-electron chi connectivity index (χ0n) is 11.7. The van der Waals surface area contributed by atoms with Crippen LogP contribution in [0.3, 0.4) is 0 Å². The molecule has 2 N–H and O–H groups in total. The summed E-state index contributed by atoms with van der Waals surface area (Å²) in [5, 5.41) is 4.69. The quantitative estimate of drug-likeness (QED) is 0.836. The molecular formula is C14H23N3OS. The minimum Gasteiger partial charge on any atom is -0.316 e. The first-order valence-corrected chi connectivity index (χ1v) is 7.99. The predicted octanol–water partition coefficient (Wildman–Crippen LogP) is 2.48. The molecule has 5 heteroatoms. The SMILES string of the molecule is CNC1CCCCCCC1Sc1nc(C)cc(=O)[nH]1. The molecule has 1 aliphatic carbocycles. The number of nitrogens with zero attached hydrogens (tertiary/aromatic N) is 1. The Labute approximate surface area is 118 Å². The van der Waals surface area contributed by atoms with Crippen molar-refractivity contribution in [1.82, 2.24) is 15.3 Å². The molecule has 1 saturated carbocycles. The summed E-state index contributed by atoms with van der Waals surface area (Å²) >= 11 is 1.72. The van der Waals surface area contributed by atoms with E-state index in [1.165, 1.54) is 44.6 Å². The molecule has 0 saturated heterocycles. The second-order valence-electron chi connectivity index (χ2n) is 5.23. The summed E-state index contributed by atoms with van der Waals surface area (Å²) in [6, 6.07) is 2.05. The van der Waals surface area contributed by atoms with Crippen LogP contribution in [0, 0.1) is 6.92 Å². The largest absolute Gasteiger partial charge is 0.316 e. The minimum atomic E-state index is -0.0538. The lowest BCUT2D eigenvalue weighted by molar-refractivity contribution is 0.420. The van der Waals surface area contributed by atoms with Gasteiger partial charge in [-0.15, -0.1) is 0 Å². The number of aromatic nitrogens is 2. The average molecular weight is 281 g/mol. The van der Waals surface area contributed by atoms with Crippen LogP contribution in [0.25, 0.3) is 0 Å². The summed E-state index contributed by atoms with van der Waals surface area (Å²) < 4.78 is 0. The first-order chi connectivity index (χ1) is 9.19. The van der Waals surface area contributed by atoms with Crippen LogP contribution in [0.2, 0.25) is 0 Å². The summed E-state index contributed by atoms with van der Waals surface area (Å²) in [6.07, 6.45) is 7.63. The van der Waals surface area contributed by atoms with Crippen molar-refractivity contribution in [2.45, 2.75) is 61.9 Å². The van der Waals surface area contributed by atoms with Gasteiger partial charge in [-0.1, -0.05) is 37.4 Å². The fourth-order valence-corrected chi connectivity index (χ4v) is 4.04. The first kappa shape index (κ1) is 14.6. The third kappa shape index (κ3) is 4.35. The highest BCUT2D eigenvalue weighted by Gasteiger charge is 2.23. The van der Waals surface area contributed by atoms with Crippen LogP contribution in [-0.4, -0.2) is 28.3 Å². The molecule has 1 aromatic heterocycles. The maximum Gasteiger partial charge on any atom is 0.251 e. The maximum atomic E-state index is 11.5. The summed E-state index contributed by atoms with van der Waals surface area (Å²) in [4.78, 5) is 18.8. The van der Waals surface area contributed by atoms with Crippen molar-refractivity contribution in [3.05, 3.63) is 22.1 Å². The van der Waals surface area contributed by atoms with Gasteiger partial charge in [-0.25, -0.2) is 4.98 Å². The second-order valence-corrected chi connectivity index (χ2v) is 6.46. The number of aromatic amines is 1. The van der Waals surface area contributed by atoms with E-state index in [1.807, 2.05) is 14.0 Å². The lowest BCUT2D eigenvalue weighted by Gasteiger charge is -2.28. The van der Waals surface area contributed by atoms with Gasteiger partial charge in [-0.05, 0) is 26.8 Å². The molecule has 0 spiro atoms. The zero-order chi connectivity index (χ0) is 13.7. The summed E-state index contributed by atoms with van der Waals surface area (Å²) in [5.74, 6) is 0. The molecule has 1 fully saturated rings. The third-order valence-corrected chi connectivity index (χ3v) is 4.97. The molecule has 0 aliphatic heterocycles. The molecule has 0 amide bonds. The molecule has 0 radical (unpaired) electrons. The Morgan fingerprint density at radius 3 is 2.74 bits per heavy atom. The van der Waals surface area contributed by atoms with Crippen molar-refractivity contribution in [2.24, 2.45) is 0 Å². The third-order valence-electron chi connectivity index (χ3n) is 3.68. The standard InChI is InChI=1S/C14H23N3OS/c1-10-9-13(18)17-14(16-10)19-12-8-6-4-3-5-7-11(12)15-2/h9,11-12,15H,3-8H2,1-2H3,(H,16,17,18). The van der Waals surface area contributed by atoms with Crippen molar-refractivity contribution in [2.75, 3.05) is 7.05 Å². The van der Waals surface area contributed by atoms with E-state index in [1.54, 1.807) is 11.8 Å². The number of hydrogen-bond acceptors (Lipinski definition) is 4. The molecule has 0 aromatic carbocycles. The lowest BCUT2D eigenvalue weighted by atomic mass is 9.96. The number of thioether (sulfide) groups is 1. The van der Waals surface area contributed by atoms with Crippen molar-refractivity contribution in [1.29, 1.82) is 0 Å². The predicted molar refractivity (Wildman–Crippen MR) is 79.8 cm³/mol. The Balaban J connectivity index is 2.10. The lowest BCUT2D eigenvalue weighted by Crippen LogP contribution is -2.36. The van der Waals surface area contributed by atoms with E-state index in [2.05, 4.69) is 15.3 Å². The highest BCUT2D eigenvalue weighted by Crippen LogP contribution is 2.30. The number of hydrogen-bond donors (Lipinski definition) is 2. The molecule has 1 aliphatic rings. The van der Waals surface area contributed by atoms with Crippen LogP contribution >= 0.6 is 11.8 Å². The van der Waals surface area contributed by atoms with Gasteiger partial charge >= 0.3 is 0 Å². The van der Waals surface area contributed by atoms with E-state index in [4.69, 9.17) is 0 Å². The molecule has 106 valence electrons. The molecule has 2 unspecified atom stereocenters. The highest BCUT2D eigenvalue weighted by molar-refractivity contribution is 7.99. The topological polar surface area (TPSA) is 57.8 Å². The van der Waals surface area contributed by atoms with E-state index < -0.39 is 0 Å². The van der Waals surface area contributed by atoms with E-state index >= 15 is 0 Å². The molecule has 19 heavy (non-hydrogen) atoms. The van der Waals surface area contributed by atoms with Crippen LogP contribution < -0.4 is 10.9 Å². The smallest absolute Gasteiger partial charge is 0.251 e. The fraction of sp³-hybridized carbons (Fsp3) is 0.714. The van der Waals surface area contributed by atoms with Gasteiger partial charge in [0.1, 0.15) is 0 Å². The Hall–Kier alpha value is -0.810. The molecule has 2 atom stereocenters. The summed E-state index contributed by atoms with van der Waals surface area (Å²) in [7, 11) is 2.03. The number of H-pyrrole nitrogens is 1. The van der Waals surface area contributed by atoms with Gasteiger partial charge in [0.2, 0.25) is 0 Å². The Kier molecular flexibility index (Phi) is 5.45. The van der Waals surface area contributed by atoms with Crippen LogP contribution in [0.4, 0.5) is 0 Å². The minimum absolute atomic E-state index is 0.0538. The monoisotopic (exact) mass is 281 g/mol. The molecule has 0 bridgehead atoms. The van der Waals surface area contributed by atoms with Crippen molar-refractivity contribution in [3.8, 4) is 0 Å². The van der Waals surface area contributed by atoms with Crippen LogP contribution in [-0.2, 0) is 0 Å². The Bertz CT molecular complexity index is 460. The van der Waals surface area contributed by atoms with Gasteiger partial charge in [-0.3, -0.25) is 4.79 Å². The molecule has 1 heterocycles. The highest BCUT2D eigenvalue weighted by atomic mass is 32.2. The van der Waals surface area contributed by atoms with Crippen molar-refractivity contribution >= 4 is 11.8 Å². The Morgan fingerprint density at radius 2 is 2.05 bits per heavy atom. The maximum absolute atomic E-state index is 11.5. The fourth-order valence-electron chi connectivity index (χ4n) is 2.67. The molecule has 2 rings (SSSR count). The van der Waals surface area contributed by atoms with E-state index in [0.717, 1.165) is 10.9 Å².